The summed E-state index contributed by atoms with van der Waals surface area (Å²) in [6.45, 7) is 4.05. The fourth-order valence-electron chi connectivity index (χ4n) is 1.57. The van der Waals surface area contributed by atoms with E-state index in [0.717, 1.165) is 31.7 Å². The van der Waals surface area contributed by atoms with Crippen LogP contribution in [0.5, 0.6) is 5.75 Å². The van der Waals surface area contributed by atoms with E-state index in [4.69, 9.17) is 4.74 Å². The molecular formula is C11H15NO. The Hall–Kier alpha value is -1.18. The number of hydrogen-bond acceptors (Lipinski definition) is 2. The van der Waals surface area contributed by atoms with Gasteiger partial charge in [0.15, 0.2) is 0 Å². The molecule has 0 aliphatic carbocycles. The Kier molecular flexibility index (Phi) is 2.39. The molecule has 0 spiro atoms. The fraction of sp³-hybridized carbons (Fsp3) is 0.455. The molecule has 0 saturated heterocycles. The van der Waals surface area contributed by atoms with Crippen LogP contribution in [0.3, 0.4) is 0 Å². The molecule has 2 nitrogen and oxygen atoms in total. The first-order valence-electron chi connectivity index (χ1n) is 4.90. The minimum Gasteiger partial charge on any atom is -0.493 e. The van der Waals surface area contributed by atoms with Gasteiger partial charge in [-0.3, -0.25) is 0 Å². The van der Waals surface area contributed by atoms with Gasteiger partial charge in [0, 0.05) is 18.7 Å². The number of nitrogens with one attached hydrogen (secondary N) is 1. The highest BCUT2D eigenvalue weighted by atomic mass is 16.5. The maximum Gasteiger partial charge on any atom is 0.122 e. The van der Waals surface area contributed by atoms with Crippen LogP contribution in [0.4, 0.5) is 5.69 Å². The summed E-state index contributed by atoms with van der Waals surface area (Å²) in [5.74, 6) is 1.06. The van der Waals surface area contributed by atoms with Crippen molar-refractivity contribution in [3.63, 3.8) is 0 Å². The molecule has 1 N–H and O–H groups in total. The molecule has 0 fully saturated rings. The number of rotatable bonds is 3. The molecule has 0 bridgehead atoms. The first-order valence-corrected chi connectivity index (χ1v) is 4.90. The third-order valence-electron chi connectivity index (χ3n) is 2.27. The zero-order chi connectivity index (χ0) is 9.10. The van der Waals surface area contributed by atoms with E-state index in [2.05, 4.69) is 30.4 Å². The number of fused-ring (bicyclic) bond motifs is 1. The molecule has 0 radical (unpaired) electrons. The van der Waals surface area contributed by atoms with E-state index >= 15 is 0 Å². The van der Waals surface area contributed by atoms with Gasteiger partial charge in [-0.2, -0.15) is 0 Å². The topological polar surface area (TPSA) is 21.3 Å². The van der Waals surface area contributed by atoms with Crippen molar-refractivity contribution < 1.29 is 4.74 Å². The molecule has 1 aliphatic rings. The summed E-state index contributed by atoms with van der Waals surface area (Å²) in [4.78, 5) is 0. The number of hydrogen-bond donors (Lipinski definition) is 1. The van der Waals surface area contributed by atoms with E-state index in [1.54, 1.807) is 0 Å². The fourth-order valence-corrected chi connectivity index (χ4v) is 1.57. The highest BCUT2D eigenvalue weighted by Gasteiger charge is 2.11. The van der Waals surface area contributed by atoms with Crippen LogP contribution in [0.2, 0.25) is 0 Å². The van der Waals surface area contributed by atoms with Crippen LogP contribution in [0.25, 0.3) is 0 Å². The second kappa shape index (κ2) is 3.69. The first-order chi connectivity index (χ1) is 6.40. The van der Waals surface area contributed by atoms with Gasteiger partial charge < -0.3 is 10.1 Å². The Bertz CT molecular complexity index is 296. The largest absolute Gasteiger partial charge is 0.493 e. The molecule has 70 valence electrons. The van der Waals surface area contributed by atoms with Crippen LogP contribution >= 0.6 is 0 Å². The van der Waals surface area contributed by atoms with Gasteiger partial charge in [-0.15, -0.1) is 0 Å². The lowest BCUT2D eigenvalue weighted by molar-refractivity contribution is 0.357. The molecule has 2 rings (SSSR count). The molecule has 0 saturated carbocycles. The van der Waals surface area contributed by atoms with Gasteiger partial charge in [0.1, 0.15) is 5.75 Å². The molecule has 0 unspecified atom stereocenters. The monoisotopic (exact) mass is 177 g/mol. The third kappa shape index (κ3) is 1.77. The molecular weight excluding hydrogens is 162 g/mol. The highest BCUT2D eigenvalue weighted by Crippen LogP contribution is 2.27. The lowest BCUT2D eigenvalue weighted by Gasteiger charge is -2.05. The van der Waals surface area contributed by atoms with Gasteiger partial charge in [0.2, 0.25) is 0 Å². The van der Waals surface area contributed by atoms with Crippen LogP contribution in [0.15, 0.2) is 18.2 Å². The Balaban J connectivity index is 2.12. The van der Waals surface area contributed by atoms with Gasteiger partial charge >= 0.3 is 0 Å². The van der Waals surface area contributed by atoms with E-state index in [9.17, 15) is 0 Å². The Morgan fingerprint density at radius 3 is 3.23 bits per heavy atom. The predicted molar refractivity (Wildman–Crippen MR) is 54.4 cm³/mol. The maximum atomic E-state index is 5.43. The van der Waals surface area contributed by atoms with Crippen molar-refractivity contribution in [2.24, 2.45) is 0 Å². The van der Waals surface area contributed by atoms with Gasteiger partial charge in [0.05, 0.1) is 6.61 Å². The molecule has 1 aliphatic heterocycles. The van der Waals surface area contributed by atoms with Crippen LogP contribution in [-0.4, -0.2) is 13.2 Å². The number of benzene rings is 1. The van der Waals surface area contributed by atoms with Crippen molar-refractivity contribution in [3.8, 4) is 5.75 Å². The quantitative estimate of drug-likeness (QED) is 0.765. The highest BCUT2D eigenvalue weighted by molar-refractivity contribution is 5.52. The second-order valence-electron chi connectivity index (χ2n) is 3.35. The standard InChI is InChI=1S/C11H15NO/c1-2-6-12-10-3-4-11-9(8-10)5-7-13-11/h3-4,8,12H,2,5-7H2,1H3. The van der Waals surface area contributed by atoms with Crippen LogP contribution in [0.1, 0.15) is 18.9 Å². The SMILES string of the molecule is CCCNc1ccc2c(c1)CCO2. The predicted octanol–water partition coefficient (Wildman–Crippen LogP) is 2.44. The summed E-state index contributed by atoms with van der Waals surface area (Å²) in [6, 6.07) is 6.33. The van der Waals surface area contributed by atoms with E-state index in [1.807, 2.05) is 0 Å². The molecule has 1 aromatic carbocycles. The molecule has 13 heavy (non-hydrogen) atoms. The van der Waals surface area contributed by atoms with Gasteiger partial charge in [-0.05, 0) is 30.2 Å². The lowest BCUT2D eigenvalue weighted by atomic mass is 10.1. The van der Waals surface area contributed by atoms with Crippen molar-refractivity contribution in [2.45, 2.75) is 19.8 Å². The van der Waals surface area contributed by atoms with Gasteiger partial charge in [-0.25, -0.2) is 0 Å². The maximum absolute atomic E-state index is 5.43. The Labute approximate surface area is 78.9 Å². The normalized spacial score (nSPS) is 13.6. The molecule has 0 atom stereocenters. The molecule has 0 amide bonds. The number of anilines is 1. The van der Waals surface area contributed by atoms with Crippen molar-refractivity contribution in [1.82, 2.24) is 0 Å². The van der Waals surface area contributed by atoms with E-state index in [0.29, 0.717) is 0 Å². The van der Waals surface area contributed by atoms with Crippen molar-refractivity contribution in [2.75, 3.05) is 18.5 Å². The minimum absolute atomic E-state index is 0.840. The van der Waals surface area contributed by atoms with Gasteiger partial charge in [-0.1, -0.05) is 6.92 Å². The summed E-state index contributed by atoms with van der Waals surface area (Å²) in [5.41, 5.74) is 2.55. The summed E-state index contributed by atoms with van der Waals surface area (Å²) in [7, 11) is 0. The Morgan fingerprint density at radius 2 is 2.38 bits per heavy atom. The average molecular weight is 177 g/mol. The van der Waals surface area contributed by atoms with Crippen LogP contribution in [-0.2, 0) is 6.42 Å². The number of ether oxygens (including phenoxy) is 1. The molecule has 0 aromatic heterocycles. The minimum atomic E-state index is 0.840. The van der Waals surface area contributed by atoms with Crippen LogP contribution < -0.4 is 10.1 Å². The Morgan fingerprint density at radius 1 is 1.46 bits per heavy atom. The zero-order valence-electron chi connectivity index (χ0n) is 7.97. The third-order valence-corrected chi connectivity index (χ3v) is 2.27. The summed E-state index contributed by atoms with van der Waals surface area (Å²) >= 11 is 0. The lowest BCUT2D eigenvalue weighted by Crippen LogP contribution is -1.99. The van der Waals surface area contributed by atoms with E-state index < -0.39 is 0 Å². The van der Waals surface area contributed by atoms with E-state index in [1.165, 1.54) is 11.3 Å². The summed E-state index contributed by atoms with van der Waals surface area (Å²) in [5, 5.41) is 3.37. The second-order valence-corrected chi connectivity index (χ2v) is 3.35. The van der Waals surface area contributed by atoms with Crippen molar-refractivity contribution in [3.05, 3.63) is 23.8 Å². The zero-order valence-corrected chi connectivity index (χ0v) is 7.97. The first kappa shape index (κ1) is 8.42. The summed E-state index contributed by atoms with van der Waals surface area (Å²) in [6.07, 6.45) is 2.21. The smallest absolute Gasteiger partial charge is 0.122 e. The van der Waals surface area contributed by atoms with Gasteiger partial charge in [0.25, 0.3) is 0 Å². The molecule has 1 aromatic rings. The molecule has 1 heterocycles. The van der Waals surface area contributed by atoms with E-state index in [-0.39, 0.29) is 0 Å². The average Bonchev–Trinajstić information content (AvgIpc) is 2.61. The molecule has 2 heteroatoms. The summed E-state index contributed by atoms with van der Waals surface area (Å²) < 4.78 is 5.43. The van der Waals surface area contributed by atoms with Crippen molar-refractivity contribution in [1.29, 1.82) is 0 Å². The van der Waals surface area contributed by atoms with Crippen molar-refractivity contribution >= 4 is 5.69 Å². The van der Waals surface area contributed by atoms with Crippen LogP contribution in [0, 0.1) is 0 Å².